The Labute approximate surface area is 170 Å². The second-order valence-corrected chi connectivity index (χ2v) is 6.05. The van der Waals surface area contributed by atoms with Gasteiger partial charge < -0.3 is 41.1 Å². The molecule has 0 aromatic carbocycles. The number of aliphatic hydroxyl groups excluding tert-OH is 1. The number of carboxylic acid groups (broad SMARTS) is 2. The van der Waals surface area contributed by atoms with Crippen LogP contribution in [0.5, 0.6) is 0 Å². The lowest BCUT2D eigenvalue weighted by molar-refractivity contribution is -0.141. The fourth-order valence-corrected chi connectivity index (χ4v) is 1.95. The van der Waals surface area contributed by atoms with E-state index in [-0.39, 0.29) is 24.7 Å². The van der Waals surface area contributed by atoms with Crippen molar-refractivity contribution in [3.05, 3.63) is 30.0 Å². The molecule has 3 atom stereocenters. The number of carbonyl (C=O) groups excluding carboxylic acids is 1. The third-order valence-corrected chi connectivity index (χ3v) is 3.53. The van der Waals surface area contributed by atoms with E-state index < -0.39 is 36.2 Å². The van der Waals surface area contributed by atoms with Gasteiger partial charge in [-0.3, -0.25) is 4.79 Å². The predicted octanol–water partition coefficient (Wildman–Crippen LogP) is -0.851. The smallest absolute Gasteiger partial charge is 0.328 e. The van der Waals surface area contributed by atoms with E-state index in [1.807, 2.05) is 0 Å². The minimum atomic E-state index is -1.43. The molecule has 14 nitrogen and oxygen atoms in total. The van der Waals surface area contributed by atoms with Crippen LogP contribution in [0, 0.1) is 0 Å². The Bertz CT molecular complexity index is 807. The number of nitrogens with two attached hydrogens (primary N) is 1. The number of hydrogen-bond acceptors (Lipinski definition) is 9. The van der Waals surface area contributed by atoms with Gasteiger partial charge >= 0.3 is 18.0 Å². The van der Waals surface area contributed by atoms with Crippen LogP contribution in [0.1, 0.15) is 43.8 Å². The van der Waals surface area contributed by atoms with E-state index in [2.05, 4.69) is 30.8 Å². The summed E-state index contributed by atoms with van der Waals surface area (Å²) < 4.78 is 5.35. The van der Waals surface area contributed by atoms with Crippen LogP contribution in [0.3, 0.4) is 0 Å². The highest BCUT2D eigenvalue weighted by Crippen LogP contribution is 2.13. The molecule has 0 aliphatic carbocycles. The van der Waals surface area contributed by atoms with Crippen LogP contribution in [0.4, 0.5) is 4.79 Å². The number of carboxylic acids is 2. The molecule has 0 aliphatic heterocycles. The van der Waals surface area contributed by atoms with Crippen molar-refractivity contribution >= 4 is 18.0 Å². The summed E-state index contributed by atoms with van der Waals surface area (Å²) >= 11 is 0. The zero-order valence-electron chi connectivity index (χ0n) is 16.4. The quantitative estimate of drug-likeness (QED) is 0.260. The van der Waals surface area contributed by atoms with E-state index >= 15 is 0 Å². The zero-order valence-corrected chi connectivity index (χ0v) is 16.4. The molecule has 2 amide bonds. The van der Waals surface area contributed by atoms with Crippen LogP contribution in [0.25, 0.3) is 0 Å². The minimum Gasteiger partial charge on any atom is -0.481 e. The third-order valence-electron chi connectivity index (χ3n) is 3.53. The van der Waals surface area contributed by atoms with Crippen LogP contribution in [-0.4, -0.2) is 65.6 Å². The average molecular weight is 427 g/mol. The lowest BCUT2D eigenvalue weighted by Crippen LogP contribution is -2.51. The summed E-state index contributed by atoms with van der Waals surface area (Å²) in [5, 5.41) is 38.0. The Morgan fingerprint density at radius 2 is 1.97 bits per heavy atom. The van der Waals surface area contributed by atoms with Gasteiger partial charge in [-0.2, -0.15) is 0 Å². The summed E-state index contributed by atoms with van der Waals surface area (Å²) in [5.41, 5.74) is 6.76. The van der Waals surface area contributed by atoms with Gasteiger partial charge in [-0.25, -0.2) is 14.6 Å². The van der Waals surface area contributed by atoms with E-state index in [0.29, 0.717) is 6.42 Å². The average Bonchev–Trinajstić information content (AvgIpc) is 3.36. The fourth-order valence-electron chi connectivity index (χ4n) is 1.95. The molecule has 8 N–H and O–H groups in total. The molecule has 14 heteroatoms. The van der Waals surface area contributed by atoms with E-state index in [1.54, 1.807) is 13.1 Å². The normalized spacial score (nSPS) is 13.3. The van der Waals surface area contributed by atoms with Crippen LogP contribution in [0.2, 0.25) is 0 Å². The fraction of sp³-hybridized carbons (Fsp3) is 0.500. The molecule has 0 fully saturated rings. The Morgan fingerprint density at radius 1 is 1.30 bits per heavy atom. The summed E-state index contributed by atoms with van der Waals surface area (Å²) in [6.45, 7) is 2.73. The monoisotopic (exact) mass is 427 g/mol. The maximum atomic E-state index is 11.7. The molecule has 0 radical (unpaired) electrons. The molecule has 2 rings (SSSR count). The van der Waals surface area contributed by atoms with Gasteiger partial charge in [0.05, 0.1) is 25.0 Å². The maximum Gasteiger partial charge on any atom is 0.328 e. The van der Waals surface area contributed by atoms with Crippen molar-refractivity contribution in [1.29, 1.82) is 0 Å². The number of carbonyl (C=O) groups is 3. The molecule has 30 heavy (non-hydrogen) atoms. The van der Waals surface area contributed by atoms with Crippen LogP contribution < -0.4 is 16.4 Å². The number of aromatic amines is 1. The number of aliphatic carboxylic acids is 2. The molecule has 0 aliphatic rings. The molecule has 2 heterocycles. The molecule has 2 aromatic rings. The first-order chi connectivity index (χ1) is 14.1. The van der Waals surface area contributed by atoms with Gasteiger partial charge in [-0.1, -0.05) is 6.92 Å². The van der Waals surface area contributed by atoms with E-state index in [0.717, 1.165) is 5.69 Å². The highest BCUT2D eigenvalue weighted by atomic mass is 16.4. The summed E-state index contributed by atoms with van der Waals surface area (Å²) in [7, 11) is 0. The van der Waals surface area contributed by atoms with Gasteiger partial charge in [0.25, 0.3) is 0 Å². The SMILES string of the molecule is CC(O)C(NC(=O)NCc1nnc(C(N)Cc2cnc[nH]2)o1)C(=O)O.CCC(=O)O. The maximum absolute atomic E-state index is 11.7. The van der Waals surface area contributed by atoms with Gasteiger partial charge in [0.1, 0.15) is 0 Å². The topological polar surface area (TPSA) is 230 Å². The largest absolute Gasteiger partial charge is 0.481 e. The zero-order chi connectivity index (χ0) is 22.7. The minimum absolute atomic E-state index is 0.106. The molecule has 0 saturated carbocycles. The number of amides is 2. The van der Waals surface area contributed by atoms with Crippen LogP contribution in [-0.2, 0) is 22.6 Å². The molecule has 0 bridgehead atoms. The first-order valence-electron chi connectivity index (χ1n) is 8.86. The van der Waals surface area contributed by atoms with Crippen molar-refractivity contribution in [3.63, 3.8) is 0 Å². The van der Waals surface area contributed by atoms with Gasteiger partial charge in [0.15, 0.2) is 6.04 Å². The molecular formula is C16H25N7O7. The van der Waals surface area contributed by atoms with Crippen molar-refractivity contribution < 1.29 is 34.1 Å². The molecule has 0 saturated heterocycles. The second kappa shape index (κ2) is 12.1. The first kappa shape index (κ1) is 24.5. The Balaban J connectivity index is 0.000000804. The summed E-state index contributed by atoms with van der Waals surface area (Å²) in [5.74, 6) is -1.80. The number of aromatic nitrogens is 4. The van der Waals surface area contributed by atoms with Crippen molar-refractivity contribution in [1.82, 2.24) is 30.8 Å². The first-order valence-corrected chi connectivity index (χ1v) is 8.86. The van der Waals surface area contributed by atoms with Crippen molar-refractivity contribution in [3.8, 4) is 0 Å². The Morgan fingerprint density at radius 3 is 2.47 bits per heavy atom. The van der Waals surface area contributed by atoms with Gasteiger partial charge in [0.2, 0.25) is 11.8 Å². The standard InChI is InChI=1S/C13H19N7O5.C3H6O2/c1-6(21)10(12(22)23)18-13(24)16-4-9-19-20-11(25-9)8(14)2-7-3-15-5-17-7;1-2-3(4)5/h3,5-6,8,10,21H,2,4,14H2,1H3,(H,15,17)(H,22,23)(H2,16,18,24);2H2,1H3,(H,4,5). The molecular weight excluding hydrogens is 402 g/mol. The van der Waals surface area contributed by atoms with Crippen LogP contribution >= 0.6 is 0 Å². The molecule has 2 aromatic heterocycles. The predicted molar refractivity (Wildman–Crippen MR) is 99.9 cm³/mol. The number of nitrogens with zero attached hydrogens (tertiary/aromatic N) is 3. The Kier molecular flexibility index (Phi) is 9.91. The Hall–Kier alpha value is -3.52. The van der Waals surface area contributed by atoms with Crippen molar-refractivity contribution in [2.75, 3.05) is 0 Å². The lowest BCUT2D eigenvalue weighted by atomic mass is 10.2. The summed E-state index contributed by atoms with van der Waals surface area (Å²) in [4.78, 5) is 38.7. The highest BCUT2D eigenvalue weighted by Gasteiger charge is 2.25. The second-order valence-electron chi connectivity index (χ2n) is 6.05. The number of H-pyrrole nitrogens is 1. The van der Waals surface area contributed by atoms with Crippen LogP contribution in [0.15, 0.2) is 16.9 Å². The third kappa shape index (κ3) is 8.66. The van der Waals surface area contributed by atoms with Gasteiger partial charge in [-0.05, 0) is 6.92 Å². The van der Waals surface area contributed by atoms with Gasteiger partial charge in [-0.15, -0.1) is 10.2 Å². The van der Waals surface area contributed by atoms with E-state index in [9.17, 15) is 19.5 Å². The highest BCUT2D eigenvalue weighted by molar-refractivity contribution is 5.82. The number of aliphatic hydroxyl groups is 1. The molecule has 0 spiro atoms. The summed E-state index contributed by atoms with van der Waals surface area (Å²) in [6.07, 6.45) is 2.55. The molecule has 166 valence electrons. The number of nitrogens with one attached hydrogen (secondary N) is 3. The molecule has 3 unspecified atom stereocenters. The van der Waals surface area contributed by atoms with Gasteiger partial charge in [0, 0.05) is 24.7 Å². The van der Waals surface area contributed by atoms with Crippen molar-refractivity contribution in [2.45, 2.75) is 51.4 Å². The number of hydrogen-bond donors (Lipinski definition) is 7. The van der Waals surface area contributed by atoms with E-state index in [4.69, 9.17) is 20.4 Å². The number of rotatable bonds is 9. The summed E-state index contributed by atoms with van der Waals surface area (Å²) in [6, 6.07) is -2.77. The van der Waals surface area contributed by atoms with E-state index in [1.165, 1.54) is 13.3 Å². The number of imidazole rings is 1. The lowest BCUT2D eigenvalue weighted by Gasteiger charge is -2.16. The number of urea groups is 1. The van der Waals surface area contributed by atoms with Crippen molar-refractivity contribution in [2.24, 2.45) is 5.73 Å².